The van der Waals surface area contributed by atoms with E-state index in [0.717, 1.165) is 43.8 Å². The van der Waals surface area contributed by atoms with Gasteiger partial charge in [0.1, 0.15) is 11.3 Å². The molecule has 0 spiro atoms. The van der Waals surface area contributed by atoms with Crippen molar-refractivity contribution < 1.29 is 22.9 Å². The molecule has 1 N–H and O–H groups in total. The van der Waals surface area contributed by atoms with Crippen molar-refractivity contribution in [3.63, 3.8) is 0 Å². The van der Waals surface area contributed by atoms with E-state index in [0.29, 0.717) is 31.0 Å². The third-order valence-corrected chi connectivity index (χ3v) is 7.64. The lowest BCUT2D eigenvalue weighted by Crippen LogP contribution is -2.52. The zero-order chi connectivity index (χ0) is 26.7. The number of halogens is 4. The number of alkyl halides is 3. The van der Waals surface area contributed by atoms with Crippen LogP contribution in [0.4, 0.5) is 30.2 Å². The lowest BCUT2D eigenvalue weighted by Gasteiger charge is -2.43. The molecule has 2 aliphatic heterocycles. The van der Waals surface area contributed by atoms with Crippen LogP contribution in [0, 0.1) is 16.0 Å². The molecule has 1 atom stereocenters. The van der Waals surface area contributed by atoms with Gasteiger partial charge in [-0.2, -0.15) is 13.2 Å². The number of carbonyl (C=O) groups is 1. The van der Waals surface area contributed by atoms with Gasteiger partial charge in [-0.05, 0) is 74.9 Å². The van der Waals surface area contributed by atoms with E-state index in [1.54, 1.807) is 6.92 Å². The van der Waals surface area contributed by atoms with Crippen molar-refractivity contribution in [1.29, 1.82) is 0 Å². The zero-order valence-electron chi connectivity index (χ0n) is 20.5. The van der Waals surface area contributed by atoms with Crippen LogP contribution < -0.4 is 10.2 Å². The molecule has 0 aliphatic carbocycles. The molecule has 2 heterocycles. The summed E-state index contributed by atoms with van der Waals surface area (Å²) in [5.41, 5.74) is -0.899. The van der Waals surface area contributed by atoms with Crippen LogP contribution in [0.25, 0.3) is 0 Å². The predicted molar refractivity (Wildman–Crippen MR) is 137 cm³/mol. The van der Waals surface area contributed by atoms with Crippen LogP contribution in [0.1, 0.15) is 38.2 Å². The molecule has 0 amide bonds. The minimum absolute atomic E-state index is 0.0850. The van der Waals surface area contributed by atoms with E-state index in [9.17, 15) is 28.1 Å². The Morgan fingerprint density at radius 2 is 1.68 bits per heavy atom. The standard InChI is InChI=1S/C26H30ClF3N4O3/c1-17(35)25(18-8-12-32(13-9-18)22-5-2-19(27)3-6-22)33-14-10-20(11-15-33)31-21-4-7-24(34(36)37)23(16-21)26(28,29)30/h2-7,16,18,20,25,31H,8-15H2,1H3. The minimum atomic E-state index is -4.82. The molecule has 4 rings (SSSR count). The van der Waals surface area contributed by atoms with E-state index in [-0.39, 0.29) is 29.5 Å². The normalized spacial score (nSPS) is 19.0. The molecule has 0 bridgehead atoms. The van der Waals surface area contributed by atoms with Crippen LogP contribution in [0.15, 0.2) is 42.5 Å². The van der Waals surface area contributed by atoms with E-state index in [1.165, 1.54) is 6.07 Å². The van der Waals surface area contributed by atoms with Crippen LogP contribution in [0.2, 0.25) is 5.02 Å². The Hall–Kier alpha value is -2.85. The Morgan fingerprint density at radius 1 is 1.05 bits per heavy atom. The number of nitrogens with zero attached hydrogens (tertiary/aromatic N) is 3. The molecule has 0 aromatic heterocycles. The number of hydrogen-bond acceptors (Lipinski definition) is 6. The van der Waals surface area contributed by atoms with Crippen LogP contribution in [-0.2, 0) is 11.0 Å². The topological polar surface area (TPSA) is 78.7 Å². The van der Waals surface area contributed by atoms with Crippen molar-refractivity contribution in [2.24, 2.45) is 5.92 Å². The lowest BCUT2D eigenvalue weighted by molar-refractivity contribution is -0.388. The third kappa shape index (κ3) is 6.54. The first-order valence-corrected chi connectivity index (χ1v) is 12.8. The molecule has 2 saturated heterocycles. The summed E-state index contributed by atoms with van der Waals surface area (Å²) in [6, 6.07) is 10.5. The first-order chi connectivity index (χ1) is 17.5. The van der Waals surface area contributed by atoms with Gasteiger partial charge in [-0.25, -0.2) is 0 Å². The first kappa shape index (κ1) is 27.2. The van der Waals surface area contributed by atoms with Crippen LogP contribution >= 0.6 is 11.6 Å². The molecule has 0 saturated carbocycles. The second kappa shape index (κ2) is 11.3. The molecule has 2 aromatic rings. The number of likely N-dealkylation sites (tertiary alicyclic amines) is 1. The van der Waals surface area contributed by atoms with Crippen LogP contribution in [0.3, 0.4) is 0 Å². The number of nitro groups is 1. The highest BCUT2D eigenvalue weighted by molar-refractivity contribution is 6.30. The van der Waals surface area contributed by atoms with E-state index >= 15 is 0 Å². The maximum absolute atomic E-state index is 13.3. The number of nitrogens with one attached hydrogen (secondary N) is 1. The highest BCUT2D eigenvalue weighted by atomic mass is 35.5. The second-order valence-corrected chi connectivity index (χ2v) is 10.2. The number of piperidine rings is 2. The van der Waals surface area contributed by atoms with E-state index in [4.69, 9.17) is 11.6 Å². The van der Waals surface area contributed by atoms with Crippen LogP contribution in [0.5, 0.6) is 0 Å². The summed E-state index contributed by atoms with van der Waals surface area (Å²) >= 11 is 6.00. The molecule has 1 unspecified atom stereocenters. The quantitative estimate of drug-likeness (QED) is 0.343. The molecule has 2 aromatic carbocycles. The number of ketones is 1. The first-order valence-electron chi connectivity index (χ1n) is 12.4. The fourth-order valence-corrected chi connectivity index (χ4v) is 5.71. The number of Topliss-reactive ketones (excluding diaryl/α,β-unsaturated/α-hetero) is 1. The number of rotatable bonds is 7. The Bertz CT molecular complexity index is 1110. The lowest BCUT2D eigenvalue weighted by atomic mass is 9.85. The van der Waals surface area contributed by atoms with Crippen molar-refractivity contribution in [1.82, 2.24) is 4.90 Å². The molecule has 37 heavy (non-hydrogen) atoms. The average Bonchev–Trinajstić information content (AvgIpc) is 2.85. The fourth-order valence-electron chi connectivity index (χ4n) is 5.58. The Kier molecular flexibility index (Phi) is 8.28. The van der Waals surface area contributed by atoms with Crippen LogP contribution in [-0.4, -0.2) is 53.9 Å². The summed E-state index contributed by atoms with van der Waals surface area (Å²) in [6.07, 6.45) is -1.71. The minimum Gasteiger partial charge on any atom is -0.382 e. The third-order valence-electron chi connectivity index (χ3n) is 7.39. The van der Waals surface area contributed by atoms with Crippen molar-refractivity contribution >= 4 is 34.4 Å². The molecular formula is C26H30ClF3N4O3. The van der Waals surface area contributed by atoms with Gasteiger partial charge in [0, 0.05) is 54.7 Å². The maximum atomic E-state index is 13.3. The summed E-state index contributed by atoms with van der Waals surface area (Å²) in [4.78, 5) is 27.2. The van der Waals surface area contributed by atoms with Gasteiger partial charge in [0.2, 0.25) is 0 Å². The molecular weight excluding hydrogens is 509 g/mol. The monoisotopic (exact) mass is 538 g/mol. The van der Waals surface area contributed by atoms with Gasteiger partial charge in [-0.15, -0.1) is 0 Å². The largest absolute Gasteiger partial charge is 0.423 e. The number of hydrogen-bond donors (Lipinski definition) is 1. The summed E-state index contributed by atoms with van der Waals surface area (Å²) in [5.74, 6) is 0.385. The number of benzene rings is 2. The van der Waals surface area contributed by atoms with E-state index < -0.39 is 22.4 Å². The molecule has 7 nitrogen and oxygen atoms in total. The zero-order valence-corrected chi connectivity index (χ0v) is 21.3. The number of nitro benzene ring substituents is 1. The van der Waals surface area contributed by atoms with Gasteiger partial charge >= 0.3 is 6.18 Å². The van der Waals surface area contributed by atoms with E-state index in [1.807, 2.05) is 24.3 Å². The number of carbonyl (C=O) groups excluding carboxylic acids is 1. The van der Waals surface area contributed by atoms with Crippen molar-refractivity contribution in [2.45, 2.75) is 50.9 Å². The predicted octanol–water partition coefficient (Wildman–Crippen LogP) is 6.02. The molecule has 2 aliphatic rings. The van der Waals surface area contributed by atoms with E-state index in [2.05, 4.69) is 15.1 Å². The van der Waals surface area contributed by atoms with Crippen molar-refractivity contribution in [2.75, 3.05) is 36.4 Å². The highest BCUT2D eigenvalue weighted by Gasteiger charge is 2.39. The number of anilines is 2. The summed E-state index contributed by atoms with van der Waals surface area (Å²) < 4.78 is 40.0. The SMILES string of the molecule is CC(=O)C(C1CCN(c2ccc(Cl)cc2)CC1)N1CCC(Nc2ccc([N+](=O)[O-])c(C(F)(F)F)c2)CC1. The Labute approximate surface area is 218 Å². The smallest absolute Gasteiger partial charge is 0.382 e. The Balaban J connectivity index is 1.35. The summed E-state index contributed by atoms with van der Waals surface area (Å²) in [6.45, 7) is 4.65. The summed E-state index contributed by atoms with van der Waals surface area (Å²) in [5, 5.41) is 14.8. The second-order valence-electron chi connectivity index (χ2n) is 9.80. The van der Waals surface area contributed by atoms with Crippen molar-refractivity contribution in [3.05, 3.63) is 63.2 Å². The average molecular weight is 539 g/mol. The maximum Gasteiger partial charge on any atom is 0.423 e. The highest BCUT2D eigenvalue weighted by Crippen LogP contribution is 2.38. The molecule has 11 heteroatoms. The molecule has 0 radical (unpaired) electrons. The molecule has 2 fully saturated rings. The fraction of sp³-hybridized carbons (Fsp3) is 0.500. The van der Waals surface area contributed by atoms with Gasteiger partial charge in [0.05, 0.1) is 11.0 Å². The molecule has 200 valence electrons. The van der Waals surface area contributed by atoms with Crippen molar-refractivity contribution in [3.8, 4) is 0 Å². The van der Waals surface area contributed by atoms with Gasteiger partial charge in [-0.3, -0.25) is 19.8 Å². The van der Waals surface area contributed by atoms with Gasteiger partial charge in [-0.1, -0.05) is 11.6 Å². The summed E-state index contributed by atoms with van der Waals surface area (Å²) in [7, 11) is 0. The Morgan fingerprint density at radius 3 is 2.22 bits per heavy atom. The van der Waals surface area contributed by atoms with Gasteiger partial charge in [0.25, 0.3) is 5.69 Å². The van der Waals surface area contributed by atoms with Gasteiger partial charge < -0.3 is 10.2 Å². The van der Waals surface area contributed by atoms with Gasteiger partial charge in [0.15, 0.2) is 0 Å².